The summed E-state index contributed by atoms with van der Waals surface area (Å²) in [6, 6.07) is 12.7. The second kappa shape index (κ2) is 14.3. The SMILES string of the molecule is CN1CCC(C2CCN(C(=O)C(CC(=O)N3CCC(N4Cc5ccccc5NC4=O)CC3)Cc3cccc(C(F)(F)F)c3)CC2)CC1. The zero-order valence-electron chi connectivity index (χ0n) is 27.2. The lowest BCUT2D eigenvalue weighted by atomic mass is 9.78. The molecule has 2 aromatic carbocycles. The van der Waals surface area contributed by atoms with Gasteiger partial charge in [0.1, 0.15) is 0 Å². The number of benzene rings is 2. The Bertz CT molecular complexity index is 1430. The van der Waals surface area contributed by atoms with Crippen molar-refractivity contribution in [1.29, 1.82) is 0 Å². The number of hydrogen-bond acceptors (Lipinski definition) is 4. The summed E-state index contributed by atoms with van der Waals surface area (Å²) in [7, 11) is 2.15. The van der Waals surface area contributed by atoms with Gasteiger partial charge in [-0.1, -0.05) is 36.4 Å². The van der Waals surface area contributed by atoms with Crippen molar-refractivity contribution in [3.8, 4) is 0 Å². The molecule has 8 nitrogen and oxygen atoms in total. The van der Waals surface area contributed by atoms with E-state index in [2.05, 4.69) is 17.3 Å². The minimum absolute atomic E-state index is 0.0131. The zero-order chi connectivity index (χ0) is 33.1. The van der Waals surface area contributed by atoms with Crippen molar-refractivity contribution >= 4 is 23.5 Å². The number of carbonyl (C=O) groups is 3. The number of rotatable bonds is 7. The van der Waals surface area contributed by atoms with E-state index in [0.29, 0.717) is 63.0 Å². The Morgan fingerprint density at radius 1 is 0.851 bits per heavy atom. The third-order valence-corrected chi connectivity index (χ3v) is 10.9. The molecule has 1 N–H and O–H groups in total. The number of nitrogens with zero attached hydrogens (tertiary/aromatic N) is 4. The maximum absolute atomic E-state index is 14.0. The van der Waals surface area contributed by atoms with E-state index in [1.807, 2.05) is 34.1 Å². The summed E-state index contributed by atoms with van der Waals surface area (Å²) in [5.74, 6) is 0.195. The van der Waals surface area contributed by atoms with Gasteiger partial charge in [-0.05, 0) is 100 Å². The lowest BCUT2D eigenvalue weighted by Crippen LogP contribution is -2.51. The number of hydrogen-bond donors (Lipinski definition) is 1. The lowest BCUT2D eigenvalue weighted by molar-refractivity contribution is -0.143. The number of amides is 4. The van der Waals surface area contributed by atoms with Crippen LogP contribution in [-0.2, 0) is 28.7 Å². The average molecular weight is 654 g/mol. The zero-order valence-corrected chi connectivity index (χ0v) is 27.2. The molecule has 3 saturated heterocycles. The highest BCUT2D eigenvalue weighted by Gasteiger charge is 2.37. The fourth-order valence-electron chi connectivity index (χ4n) is 8.04. The molecule has 11 heteroatoms. The van der Waals surface area contributed by atoms with E-state index in [-0.39, 0.29) is 36.7 Å². The van der Waals surface area contributed by atoms with Gasteiger partial charge in [0.2, 0.25) is 11.8 Å². The van der Waals surface area contributed by atoms with Crippen molar-refractivity contribution in [3.05, 3.63) is 65.2 Å². The predicted octanol–water partition coefficient (Wildman–Crippen LogP) is 5.87. The summed E-state index contributed by atoms with van der Waals surface area (Å²) in [4.78, 5) is 48.3. The van der Waals surface area contributed by atoms with E-state index in [1.54, 1.807) is 11.0 Å². The summed E-state index contributed by atoms with van der Waals surface area (Å²) in [5, 5.41) is 2.96. The number of likely N-dealkylation sites (tertiary alicyclic amines) is 3. The van der Waals surface area contributed by atoms with E-state index in [1.165, 1.54) is 18.9 Å². The molecule has 1 unspecified atom stereocenters. The summed E-state index contributed by atoms with van der Waals surface area (Å²) < 4.78 is 40.5. The number of anilines is 1. The van der Waals surface area contributed by atoms with Gasteiger partial charge < -0.3 is 24.9 Å². The number of halogens is 3. The van der Waals surface area contributed by atoms with Gasteiger partial charge >= 0.3 is 12.2 Å². The predicted molar refractivity (Wildman–Crippen MR) is 173 cm³/mol. The van der Waals surface area contributed by atoms with Crippen LogP contribution in [0.5, 0.6) is 0 Å². The first-order chi connectivity index (χ1) is 22.5. The Labute approximate surface area is 275 Å². The number of carbonyl (C=O) groups excluding carboxylic acids is 3. The van der Waals surface area contributed by atoms with Gasteiger partial charge in [-0.15, -0.1) is 0 Å². The Morgan fingerprint density at radius 2 is 1.49 bits per heavy atom. The molecule has 0 radical (unpaired) electrons. The highest BCUT2D eigenvalue weighted by Crippen LogP contribution is 2.34. The number of alkyl halides is 3. The van der Waals surface area contributed by atoms with Gasteiger partial charge in [-0.2, -0.15) is 13.2 Å². The van der Waals surface area contributed by atoms with Crippen LogP contribution >= 0.6 is 0 Å². The van der Waals surface area contributed by atoms with Crippen LogP contribution in [0.3, 0.4) is 0 Å². The van der Waals surface area contributed by atoms with Crippen LogP contribution in [0.2, 0.25) is 0 Å². The van der Waals surface area contributed by atoms with Crippen LogP contribution in [0.4, 0.5) is 23.7 Å². The molecule has 0 spiro atoms. The Balaban J connectivity index is 1.09. The largest absolute Gasteiger partial charge is 0.416 e. The van der Waals surface area contributed by atoms with Crippen molar-refractivity contribution in [2.75, 3.05) is 51.6 Å². The van der Waals surface area contributed by atoms with Gasteiger partial charge in [0, 0.05) is 50.9 Å². The maximum atomic E-state index is 14.0. The Hall–Kier alpha value is -3.60. The van der Waals surface area contributed by atoms with E-state index in [9.17, 15) is 27.6 Å². The molecule has 0 bridgehead atoms. The second-order valence-electron chi connectivity index (χ2n) is 13.9. The summed E-state index contributed by atoms with van der Waals surface area (Å²) in [6.45, 7) is 4.87. The number of para-hydroxylation sites is 1. The van der Waals surface area contributed by atoms with E-state index in [4.69, 9.17) is 0 Å². The van der Waals surface area contributed by atoms with Crippen LogP contribution in [-0.4, -0.2) is 89.8 Å². The molecule has 4 aliphatic rings. The van der Waals surface area contributed by atoms with Crippen molar-refractivity contribution < 1.29 is 27.6 Å². The van der Waals surface area contributed by atoms with Gasteiger partial charge in [0.25, 0.3) is 0 Å². The van der Waals surface area contributed by atoms with Crippen LogP contribution in [0.25, 0.3) is 0 Å². The average Bonchev–Trinajstić information content (AvgIpc) is 3.07. The third-order valence-electron chi connectivity index (χ3n) is 10.9. The highest BCUT2D eigenvalue weighted by atomic mass is 19.4. The highest BCUT2D eigenvalue weighted by molar-refractivity contribution is 5.92. The van der Waals surface area contributed by atoms with Crippen molar-refractivity contribution in [3.63, 3.8) is 0 Å². The van der Waals surface area contributed by atoms with Crippen LogP contribution in [0.15, 0.2) is 48.5 Å². The molecule has 0 aliphatic carbocycles. The molecule has 254 valence electrons. The minimum atomic E-state index is -4.49. The molecule has 0 saturated carbocycles. The monoisotopic (exact) mass is 653 g/mol. The van der Waals surface area contributed by atoms with E-state index >= 15 is 0 Å². The van der Waals surface area contributed by atoms with Crippen LogP contribution < -0.4 is 5.32 Å². The van der Waals surface area contributed by atoms with E-state index < -0.39 is 17.7 Å². The summed E-state index contributed by atoms with van der Waals surface area (Å²) in [5.41, 5.74) is 1.53. The fourth-order valence-corrected chi connectivity index (χ4v) is 8.04. The molecule has 6 rings (SSSR count). The normalized spacial score (nSPS) is 21.4. The lowest BCUT2D eigenvalue weighted by Gasteiger charge is -2.41. The minimum Gasteiger partial charge on any atom is -0.343 e. The molecule has 4 aliphatic heterocycles. The third kappa shape index (κ3) is 7.93. The maximum Gasteiger partial charge on any atom is 0.416 e. The Morgan fingerprint density at radius 3 is 2.17 bits per heavy atom. The van der Waals surface area contributed by atoms with Gasteiger partial charge in [-0.25, -0.2) is 4.79 Å². The molecule has 0 aromatic heterocycles. The molecular weight excluding hydrogens is 607 g/mol. The number of urea groups is 1. The first-order valence-electron chi connectivity index (χ1n) is 17.1. The summed E-state index contributed by atoms with van der Waals surface area (Å²) in [6.07, 6.45) is 0.982. The topological polar surface area (TPSA) is 76.2 Å². The van der Waals surface area contributed by atoms with Gasteiger partial charge in [-0.3, -0.25) is 9.59 Å². The molecule has 47 heavy (non-hydrogen) atoms. The van der Waals surface area contributed by atoms with Crippen LogP contribution in [0, 0.1) is 17.8 Å². The summed E-state index contributed by atoms with van der Waals surface area (Å²) >= 11 is 0. The smallest absolute Gasteiger partial charge is 0.343 e. The molecule has 4 heterocycles. The molecule has 1 atom stereocenters. The molecule has 3 fully saturated rings. The quantitative estimate of drug-likeness (QED) is 0.406. The van der Waals surface area contributed by atoms with Crippen LogP contribution in [0.1, 0.15) is 61.6 Å². The van der Waals surface area contributed by atoms with Gasteiger partial charge in [0.15, 0.2) is 0 Å². The van der Waals surface area contributed by atoms with Gasteiger partial charge in [0.05, 0.1) is 11.5 Å². The molecule has 4 amide bonds. The van der Waals surface area contributed by atoms with Crippen molar-refractivity contribution in [2.45, 2.75) is 70.1 Å². The number of nitrogens with one attached hydrogen (secondary N) is 1. The first kappa shape index (κ1) is 33.3. The number of fused-ring (bicyclic) bond motifs is 1. The second-order valence-corrected chi connectivity index (χ2v) is 13.9. The van der Waals surface area contributed by atoms with Crippen molar-refractivity contribution in [1.82, 2.24) is 19.6 Å². The molecular formula is C36H46F3N5O3. The Kier molecular flexibility index (Phi) is 10.1. The molecule has 2 aromatic rings. The number of piperidine rings is 3. The standard InChI is InChI=1S/C36H46F3N5O3/c1-41-15-9-26(10-16-41)27-11-17-43(18-12-27)34(46)29(21-25-5-4-7-30(22-25)36(37,38)39)23-33(45)42-19-13-31(14-20-42)44-24-28-6-2-3-8-32(28)40-35(44)47/h2-8,22,26-27,29,31H,9-21,23-24H2,1H3,(H,40,47). The van der Waals surface area contributed by atoms with E-state index in [0.717, 1.165) is 49.3 Å². The first-order valence-corrected chi connectivity index (χ1v) is 17.1. The fraction of sp³-hybridized carbons (Fsp3) is 0.583. The van der Waals surface area contributed by atoms with Crippen molar-refractivity contribution in [2.24, 2.45) is 17.8 Å².